The minimum absolute atomic E-state index is 0.0896. The van der Waals surface area contributed by atoms with Crippen LogP contribution in [0.3, 0.4) is 0 Å². The molecule has 1 atom stereocenters. The van der Waals surface area contributed by atoms with Crippen molar-refractivity contribution in [1.82, 2.24) is 5.32 Å². The lowest BCUT2D eigenvalue weighted by molar-refractivity contribution is -0.137. The lowest BCUT2D eigenvalue weighted by Crippen LogP contribution is -2.36. The number of carbonyl (C=O) groups excluding carboxylic acids is 1. The Hall–Kier alpha value is -2.11. The number of nitrogens with one attached hydrogen (secondary N) is 1. The molecule has 0 aliphatic heterocycles. The van der Waals surface area contributed by atoms with Gasteiger partial charge in [0.25, 0.3) is 5.91 Å². The van der Waals surface area contributed by atoms with Gasteiger partial charge in [0, 0.05) is 12.5 Å². The molecule has 0 spiro atoms. The fraction of sp³-hybridized carbons (Fsp3) is 0.429. The molecule has 20 heavy (non-hydrogen) atoms. The van der Waals surface area contributed by atoms with E-state index >= 15 is 0 Å². The summed E-state index contributed by atoms with van der Waals surface area (Å²) >= 11 is 0. The Morgan fingerprint density at radius 2 is 2.00 bits per heavy atom. The van der Waals surface area contributed by atoms with Crippen molar-refractivity contribution in [1.29, 1.82) is 0 Å². The molecule has 1 amide bonds. The zero-order valence-electron chi connectivity index (χ0n) is 11.3. The summed E-state index contributed by atoms with van der Waals surface area (Å²) in [6.07, 6.45) is 1.19. The van der Waals surface area contributed by atoms with Crippen molar-refractivity contribution in [3.8, 4) is 5.75 Å². The number of ether oxygens (including phenoxy) is 1. The predicted molar refractivity (Wildman–Crippen MR) is 71.0 cm³/mol. The van der Waals surface area contributed by atoms with E-state index in [0.717, 1.165) is 0 Å². The molecule has 2 N–H and O–H groups in total. The SMILES string of the molecule is CC(CCCC(=O)O)NC(=O)COc1ccc(F)cc1. The van der Waals surface area contributed by atoms with Crippen LogP contribution in [0.15, 0.2) is 24.3 Å². The van der Waals surface area contributed by atoms with Gasteiger partial charge in [-0.3, -0.25) is 9.59 Å². The monoisotopic (exact) mass is 283 g/mol. The number of carboxylic acid groups (broad SMARTS) is 1. The van der Waals surface area contributed by atoms with Gasteiger partial charge in [0.05, 0.1) is 0 Å². The Labute approximate surface area is 116 Å². The lowest BCUT2D eigenvalue weighted by atomic mass is 10.1. The first kappa shape index (κ1) is 15.9. The Balaban J connectivity index is 2.22. The number of benzene rings is 1. The van der Waals surface area contributed by atoms with Crippen molar-refractivity contribution < 1.29 is 23.8 Å². The van der Waals surface area contributed by atoms with Gasteiger partial charge in [-0.25, -0.2) is 4.39 Å². The van der Waals surface area contributed by atoms with Gasteiger partial charge in [-0.1, -0.05) is 0 Å². The average Bonchev–Trinajstić information content (AvgIpc) is 2.37. The van der Waals surface area contributed by atoms with E-state index in [1.165, 1.54) is 24.3 Å². The summed E-state index contributed by atoms with van der Waals surface area (Å²) < 4.78 is 17.8. The van der Waals surface area contributed by atoms with Crippen LogP contribution < -0.4 is 10.1 Å². The summed E-state index contributed by atoms with van der Waals surface area (Å²) in [7, 11) is 0. The first-order chi connectivity index (χ1) is 9.47. The van der Waals surface area contributed by atoms with Gasteiger partial charge in [0.15, 0.2) is 6.61 Å². The Morgan fingerprint density at radius 3 is 2.60 bits per heavy atom. The Bertz CT molecular complexity index is 447. The van der Waals surface area contributed by atoms with Crippen molar-refractivity contribution in [2.75, 3.05) is 6.61 Å². The van der Waals surface area contributed by atoms with E-state index in [1.807, 2.05) is 0 Å². The largest absolute Gasteiger partial charge is 0.484 e. The molecule has 1 aromatic rings. The number of halogens is 1. The van der Waals surface area contributed by atoms with E-state index in [9.17, 15) is 14.0 Å². The van der Waals surface area contributed by atoms with Crippen LogP contribution in [0.4, 0.5) is 4.39 Å². The molecule has 0 heterocycles. The molecule has 0 aliphatic carbocycles. The number of carbonyl (C=O) groups is 2. The van der Waals surface area contributed by atoms with Gasteiger partial charge in [-0.2, -0.15) is 0 Å². The van der Waals surface area contributed by atoms with Gasteiger partial charge >= 0.3 is 5.97 Å². The van der Waals surface area contributed by atoms with Crippen LogP contribution in [-0.2, 0) is 9.59 Å². The van der Waals surface area contributed by atoms with Crippen molar-refractivity contribution >= 4 is 11.9 Å². The standard InChI is InChI=1S/C14H18FNO4/c1-10(3-2-4-14(18)19)16-13(17)9-20-12-7-5-11(15)6-8-12/h5-8,10H,2-4,9H2,1H3,(H,16,17)(H,18,19). The third-order valence-electron chi connectivity index (χ3n) is 2.62. The molecule has 0 radical (unpaired) electrons. The van der Waals surface area contributed by atoms with Crippen LogP contribution in [0.25, 0.3) is 0 Å². The topological polar surface area (TPSA) is 75.6 Å². The fourth-order valence-corrected chi connectivity index (χ4v) is 1.63. The lowest BCUT2D eigenvalue weighted by Gasteiger charge is -2.13. The summed E-state index contributed by atoms with van der Waals surface area (Å²) in [5.74, 6) is -1.09. The number of hydrogen-bond donors (Lipinski definition) is 2. The van der Waals surface area contributed by atoms with E-state index in [2.05, 4.69) is 5.32 Å². The molecule has 0 bridgehead atoms. The third-order valence-corrected chi connectivity index (χ3v) is 2.62. The van der Waals surface area contributed by atoms with E-state index in [-0.39, 0.29) is 30.8 Å². The number of amides is 1. The molecule has 0 saturated carbocycles. The first-order valence-electron chi connectivity index (χ1n) is 6.37. The second kappa shape index (κ2) is 8.14. The van der Waals surface area contributed by atoms with Crippen molar-refractivity contribution in [2.24, 2.45) is 0 Å². The first-order valence-corrected chi connectivity index (χ1v) is 6.37. The molecular weight excluding hydrogens is 265 g/mol. The van der Waals surface area contributed by atoms with Gasteiger partial charge in [-0.05, 0) is 44.0 Å². The molecule has 0 fully saturated rings. The number of rotatable bonds is 8. The number of aliphatic carboxylic acids is 1. The quantitative estimate of drug-likeness (QED) is 0.764. The van der Waals surface area contributed by atoms with Crippen molar-refractivity contribution in [2.45, 2.75) is 32.2 Å². The highest BCUT2D eigenvalue weighted by molar-refractivity contribution is 5.77. The maximum Gasteiger partial charge on any atom is 0.303 e. The van der Waals surface area contributed by atoms with E-state index in [1.54, 1.807) is 6.92 Å². The van der Waals surface area contributed by atoms with Gasteiger partial charge in [-0.15, -0.1) is 0 Å². The molecule has 0 saturated heterocycles. The zero-order valence-corrected chi connectivity index (χ0v) is 11.3. The van der Waals surface area contributed by atoms with Crippen LogP contribution in [0, 0.1) is 5.82 Å². The summed E-state index contributed by atoms with van der Waals surface area (Å²) in [6, 6.07) is 5.28. The third kappa shape index (κ3) is 6.72. The van der Waals surface area contributed by atoms with Crippen molar-refractivity contribution in [3.05, 3.63) is 30.1 Å². The number of carboxylic acids is 1. The minimum Gasteiger partial charge on any atom is -0.484 e. The van der Waals surface area contributed by atoms with E-state index in [0.29, 0.717) is 18.6 Å². The smallest absolute Gasteiger partial charge is 0.303 e. The van der Waals surface area contributed by atoms with E-state index in [4.69, 9.17) is 9.84 Å². The molecule has 110 valence electrons. The molecule has 1 rings (SSSR count). The van der Waals surface area contributed by atoms with Crippen LogP contribution in [0.1, 0.15) is 26.2 Å². The fourth-order valence-electron chi connectivity index (χ4n) is 1.63. The molecule has 5 nitrogen and oxygen atoms in total. The molecule has 1 unspecified atom stereocenters. The van der Waals surface area contributed by atoms with Crippen molar-refractivity contribution in [3.63, 3.8) is 0 Å². The second-order valence-corrected chi connectivity index (χ2v) is 4.50. The molecular formula is C14H18FNO4. The Kier molecular flexibility index (Phi) is 6.49. The van der Waals surface area contributed by atoms with Gasteiger partial charge in [0.1, 0.15) is 11.6 Å². The second-order valence-electron chi connectivity index (χ2n) is 4.50. The van der Waals surface area contributed by atoms with Crippen LogP contribution >= 0.6 is 0 Å². The number of hydrogen-bond acceptors (Lipinski definition) is 3. The zero-order chi connectivity index (χ0) is 15.0. The highest BCUT2D eigenvalue weighted by atomic mass is 19.1. The van der Waals surface area contributed by atoms with E-state index < -0.39 is 5.97 Å². The highest BCUT2D eigenvalue weighted by Gasteiger charge is 2.09. The minimum atomic E-state index is -0.844. The molecule has 6 heteroatoms. The van der Waals surface area contributed by atoms with Crippen LogP contribution in [-0.4, -0.2) is 29.6 Å². The molecule has 1 aromatic carbocycles. The summed E-state index contributed by atoms with van der Waals surface area (Å²) in [6.45, 7) is 1.65. The van der Waals surface area contributed by atoms with Crippen LogP contribution in [0.5, 0.6) is 5.75 Å². The normalized spacial score (nSPS) is 11.7. The summed E-state index contributed by atoms with van der Waals surface area (Å²) in [4.78, 5) is 21.9. The summed E-state index contributed by atoms with van der Waals surface area (Å²) in [5, 5.41) is 11.2. The molecule has 0 aliphatic rings. The maximum absolute atomic E-state index is 12.7. The Morgan fingerprint density at radius 1 is 1.35 bits per heavy atom. The molecule has 0 aromatic heterocycles. The maximum atomic E-state index is 12.7. The van der Waals surface area contributed by atoms with Gasteiger partial charge < -0.3 is 15.2 Å². The average molecular weight is 283 g/mol. The van der Waals surface area contributed by atoms with Gasteiger partial charge in [0.2, 0.25) is 0 Å². The van der Waals surface area contributed by atoms with Crippen LogP contribution in [0.2, 0.25) is 0 Å². The summed E-state index contributed by atoms with van der Waals surface area (Å²) in [5.41, 5.74) is 0. The highest BCUT2D eigenvalue weighted by Crippen LogP contribution is 2.10. The predicted octanol–water partition coefficient (Wildman–Crippen LogP) is 1.96.